The van der Waals surface area contributed by atoms with Crippen LogP contribution in [0.1, 0.15) is 34.9 Å². The van der Waals surface area contributed by atoms with E-state index >= 15 is 0 Å². The van der Waals surface area contributed by atoms with Crippen molar-refractivity contribution < 1.29 is 9.90 Å². The topological polar surface area (TPSA) is 83.3 Å². The zero-order valence-corrected chi connectivity index (χ0v) is 15.8. The summed E-state index contributed by atoms with van der Waals surface area (Å²) < 4.78 is 1.77. The second-order valence-electron chi connectivity index (χ2n) is 6.57. The lowest BCUT2D eigenvalue weighted by atomic mass is 10.1. The number of benzene rings is 1. The maximum absolute atomic E-state index is 11.9. The molecule has 1 aliphatic rings. The summed E-state index contributed by atoms with van der Waals surface area (Å²) in [6.07, 6.45) is 5.53. The van der Waals surface area contributed by atoms with Gasteiger partial charge in [0.15, 0.2) is 5.69 Å². The Kier molecular flexibility index (Phi) is 6.98. The minimum absolute atomic E-state index is 0.0976. The smallest absolute Gasteiger partial charge is 0.273 e. The van der Waals surface area contributed by atoms with E-state index in [4.69, 9.17) is 16.7 Å². The Morgan fingerprint density at radius 2 is 2.04 bits per heavy atom. The van der Waals surface area contributed by atoms with Crippen molar-refractivity contribution in [3.63, 3.8) is 0 Å². The van der Waals surface area contributed by atoms with E-state index < -0.39 is 0 Å². The van der Waals surface area contributed by atoms with Crippen molar-refractivity contribution in [2.45, 2.75) is 18.9 Å². The van der Waals surface area contributed by atoms with Crippen LogP contribution in [0.2, 0.25) is 0 Å². The number of amides is 1. The number of hydrogen-bond donors (Lipinski definition) is 2. The molecule has 1 aromatic carbocycles. The molecule has 1 fully saturated rings. The number of aromatic nitrogens is 3. The summed E-state index contributed by atoms with van der Waals surface area (Å²) in [5.41, 5.74) is 1.38. The Bertz CT molecular complexity index is 769. The van der Waals surface area contributed by atoms with Crippen LogP contribution in [-0.4, -0.2) is 63.7 Å². The van der Waals surface area contributed by atoms with E-state index in [1.54, 1.807) is 10.9 Å². The minimum atomic E-state index is -0.314. The average Bonchev–Trinajstić information content (AvgIpc) is 3.18. The summed E-state index contributed by atoms with van der Waals surface area (Å²) in [4.78, 5) is 14.2. The van der Waals surface area contributed by atoms with Gasteiger partial charge in [-0.25, -0.2) is 4.68 Å². The van der Waals surface area contributed by atoms with Crippen LogP contribution in [0.4, 0.5) is 0 Å². The van der Waals surface area contributed by atoms with Gasteiger partial charge >= 0.3 is 0 Å². The molecule has 1 aromatic heterocycles. The third kappa shape index (κ3) is 5.63. The molecule has 27 heavy (non-hydrogen) atoms. The molecule has 7 nitrogen and oxygen atoms in total. The average molecular weight is 390 g/mol. The first-order valence-corrected chi connectivity index (χ1v) is 9.48. The fourth-order valence-electron chi connectivity index (χ4n) is 3.15. The van der Waals surface area contributed by atoms with Gasteiger partial charge in [-0.3, -0.25) is 9.69 Å². The monoisotopic (exact) mass is 389 g/mol. The van der Waals surface area contributed by atoms with Gasteiger partial charge in [-0.2, -0.15) is 0 Å². The van der Waals surface area contributed by atoms with Gasteiger partial charge in [-0.1, -0.05) is 47.1 Å². The number of halogens is 1. The molecule has 144 valence electrons. The second kappa shape index (κ2) is 9.64. The Hall–Kier alpha value is -2.22. The fraction of sp³-hybridized carbons (Fsp3) is 0.421. The molecule has 3 rings (SSSR count). The third-order valence-electron chi connectivity index (χ3n) is 4.57. The van der Waals surface area contributed by atoms with Crippen LogP contribution in [-0.2, 0) is 0 Å². The highest BCUT2D eigenvalue weighted by molar-refractivity contribution is 6.31. The van der Waals surface area contributed by atoms with E-state index in [0.717, 1.165) is 43.1 Å². The molecule has 0 unspecified atom stereocenters. The first kappa shape index (κ1) is 19.5. The Balaban J connectivity index is 1.50. The third-order valence-corrected chi connectivity index (χ3v) is 4.80. The molecule has 1 amide bonds. The van der Waals surface area contributed by atoms with E-state index in [2.05, 4.69) is 20.5 Å². The quantitative estimate of drug-likeness (QED) is 0.755. The van der Waals surface area contributed by atoms with Crippen LogP contribution in [0.5, 0.6) is 0 Å². The molecule has 2 N–H and O–H groups in total. The molecule has 1 aliphatic heterocycles. The Morgan fingerprint density at radius 3 is 2.74 bits per heavy atom. The maximum Gasteiger partial charge on any atom is 0.273 e. The van der Waals surface area contributed by atoms with E-state index in [9.17, 15) is 4.79 Å². The largest absolute Gasteiger partial charge is 0.395 e. The molecule has 0 spiro atoms. The van der Waals surface area contributed by atoms with Gasteiger partial charge in [0.1, 0.15) is 0 Å². The van der Waals surface area contributed by atoms with Crippen molar-refractivity contribution in [2.75, 3.05) is 32.8 Å². The van der Waals surface area contributed by atoms with E-state index in [1.165, 1.54) is 0 Å². The molecule has 2 heterocycles. The van der Waals surface area contributed by atoms with Crippen LogP contribution in [0.3, 0.4) is 0 Å². The molecule has 0 radical (unpaired) electrons. The summed E-state index contributed by atoms with van der Waals surface area (Å²) in [6.45, 7) is 2.67. The predicted octanol–water partition coefficient (Wildman–Crippen LogP) is 1.92. The van der Waals surface area contributed by atoms with Gasteiger partial charge in [0.05, 0.1) is 18.8 Å². The van der Waals surface area contributed by atoms with Gasteiger partial charge < -0.3 is 10.4 Å². The summed E-state index contributed by atoms with van der Waals surface area (Å²) in [5, 5.41) is 20.2. The number of nitrogens with zero attached hydrogens (tertiary/aromatic N) is 4. The van der Waals surface area contributed by atoms with Crippen LogP contribution in [0, 0.1) is 0 Å². The first-order chi connectivity index (χ1) is 13.2. The number of piperidine rings is 1. The highest BCUT2D eigenvalue weighted by Gasteiger charge is 2.23. The lowest BCUT2D eigenvalue weighted by Crippen LogP contribution is -2.35. The van der Waals surface area contributed by atoms with Crippen LogP contribution in [0.15, 0.2) is 41.6 Å². The standard InChI is InChI=1S/C19H24ClN5O2/c20-16(12-15-4-2-1-3-5-15)13-24-9-6-17(7-10-24)25-14-18(22-23-25)19(27)21-8-11-26/h1-5,12,14,17,26H,6-11,13H2,(H,21,27)/b16-12-. The number of aliphatic hydroxyl groups excluding tert-OH is 1. The Labute approximate surface area is 163 Å². The van der Waals surface area contributed by atoms with Crippen LogP contribution in [0.25, 0.3) is 6.08 Å². The minimum Gasteiger partial charge on any atom is -0.395 e. The van der Waals surface area contributed by atoms with Crippen LogP contribution >= 0.6 is 11.6 Å². The number of likely N-dealkylation sites (tertiary alicyclic amines) is 1. The van der Waals surface area contributed by atoms with Crippen molar-refractivity contribution in [3.8, 4) is 0 Å². The molecule has 0 aliphatic carbocycles. The summed E-state index contributed by atoms with van der Waals surface area (Å²) in [6, 6.07) is 10.3. The highest BCUT2D eigenvalue weighted by Crippen LogP contribution is 2.23. The van der Waals surface area contributed by atoms with Crippen molar-refractivity contribution in [1.29, 1.82) is 0 Å². The van der Waals surface area contributed by atoms with Crippen molar-refractivity contribution in [1.82, 2.24) is 25.2 Å². The molecule has 0 saturated carbocycles. The second-order valence-corrected chi connectivity index (χ2v) is 7.06. The number of nitrogens with one attached hydrogen (secondary N) is 1. The van der Waals surface area contributed by atoms with E-state index in [0.29, 0.717) is 0 Å². The summed E-state index contributed by atoms with van der Waals surface area (Å²) >= 11 is 6.41. The first-order valence-electron chi connectivity index (χ1n) is 9.10. The molecular formula is C19H24ClN5O2. The molecular weight excluding hydrogens is 366 g/mol. The maximum atomic E-state index is 11.9. The fourth-order valence-corrected chi connectivity index (χ4v) is 3.45. The van der Waals surface area contributed by atoms with Gasteiger partial charge in [-0.05, 0) is 24.5 Å². The molecule has 1 saturated heterocycles. The van der Waals surface area contributed by atoms with Gasteiger partial charge in [0.25, 0.3) is 5.91 Å². The normalized spacial score (nSPS) is 16.4. The van der Waals surface area contributed by atoms with E-state index in [1.807, 2.05) is 36.4 Å². The molecule has 0 bridgehead atoms. The number of rotatable bonds is 7. The molecule has 0 atom stereocenters. The molecule has 8 heteroatoms. The van der Waals surface area contributed by atoms with Gasteiger partial charge in [0.2, 0.25) is 0 Å². The lowest BCUT2D eigenvalue weighted by Gasteiger charge is -2.31. The highest BCUT2D eigenvalue weighted by atomic mass is 35.5. The molecule has 2 aromatic rings. The zero-order valence-electron chi connectivity index (χ0n) is 15.1. The number of carbonyl (C=O) groups is 1. The number of aliphatic hydroxyl groups is 1. The zero-order chi connectivity index (χ0) is 19.1. The summed E-state index contributed by atoms with van der Waals surface area (Å²) in [5.74, 6) is -0.314. The number of hydrogen-bond acceptors (Lipinski definition) is 5. The van der Waals surface area contributed by atoms with Gasteiger partial charge in [0, 0.05) is 31.2 Å². The predicted molar refractivity (Wildman–Crippen MR) is 104 cm³/mol. The van der Waals surface area contributed by atoms with Crippen molar-refractivity contribution >= 4 is 23.6 Å². The van der Waals surface area contributed by atoms with Crippen LogP contribution < -0.4 is 5.32 Å². The summed E-state index contributed by atoms with van der Waals surface area (Å²) in [7, 11) is 0. The van der Waals surface area contributed by atoms with Crippen molar-refractivity contribution in [2.24, 2.45) is 0 Å². The number of carbonyl (C=O) groups excluding carboxylic acids is 1. The SMILES string of the molecule is O=C(NCCO)c1cn(C2CCN(C/C(Cl)=C/c3ccccc3)CC2)nn1. The van der Waals surface area contributed by atoms with Gasteiger partial charge in [-0.15, -0.1) is 5.10 Å². The lowest BCUT2D eigenvalue weighted by molar-refractivity contribution is 0.0939. The van der Waals surface area contributed by atoms with Crippen molar-refractivity contribution in [3.05, 3.63) is 52.8 Å². The Morgan fingerprint density at radius 1 is 1.30 bits per heavy atom. The van der Waals surface area contributed by atoms with E-state index in [-0.39, 0.29) is 30.8 Å².